The molecule has 3 aromatic carbocycles. The summed E-state index contributed by atoms with van der Waals surface area (Å²) >= 11 is 0. The van der Waals surface area contributed by atoms with Gasteiger partial charge in [0.15, 0.2) is 0 Å². The zero-order valence-electron chi connectivity index (χ0n) is 27.4. The molecule has 7 heteroatoms. The fourth-order valence-corrected chi connectivity index (χ4v) is 7.28. The average molecular weight is 635 g/mol. The van der Waals surface area contributed by atoms with Crippen LogP contribution >= 0.6 is 0 Å². The third-order valence-corrected chi connectivity index (χ3v) is 9.56. The average Bonchev–Trinajstić information content (AvgIpc) is 3.00. The van der Waals surface area contributed by atoms with Crippen LogP contribution in [-0.4, -0.2) is 30.2 Å². The second-order valence-electron chi connectivity index (χ2n) is 12.5. The molecule has 0 aliphatic carbocycles. The highest BCUT2D eigenvalue weighted by Crippen LogP contribution is 2.49. The summed E-state index contributed by atoms with van der Waals surface area (Å²) in [6, 6.07) is 9.22. The van der Waals surface area contributed by atoms with Gasteiger partial charge < -0.3 is 4.48 Å². The number of hydrogen-bond acceptors (Lipinski definition) is 0. The Kier molecular flexibility index (Phi) is 14.0. The van der Waals surface area contributed by atoms with Crippen LogP contribution in [0.15, 0.2) is 54.6 Å². The molecule has 3 aromatic rings. The van der Waals surface area contributed by atoms with E-state index in [2.05, 4.69) is 27.7 Å². The van der Waals surface area contributed by atoms with Crippen LogP contribution in [0.2, 0.25) is 0 Å². The quantitative estimate of drug-likeness (QED) is 0.0699. The zero-order chi connectivity index (χ0) is 33.0. The summed E-state index contributed by atoms with van der Waals surface area (Å²) in [4.78, 5) is 0. The van der Waals surface area contributed by atoms with Gasteiger partial charge in [0.25, 0.3) is 0 Å². The van der Waals surface area contributed by atoms with Gasteiger partial charge in [0.1, 0.15) is 34.9 Å². The van der Waals surface area contributed by atoms with Crippen LogP contribution in [0, 0.1) is 34.9 Å². The van der Waals surface area contributed by atoms with Crippen LogP contribution in [0.3, 0.4) is 0 Å². The lowest BCUT2D eigenvalue weighted by Crippen LogP contribution is -2.57. The molecule has 0 fully saturated rings. The van der Waals surface area contributed by atoms with Crippen LogP contribution in [0.4, 0.5) is 26.3 Å². The van der Waals surface area contributed by atoms with Crippen molar-refractivity contribution < 1.29 is 30.8 Å². The van der Waals surface area contributed by atoms with E-state index in [1.54, 1.807) is 0 Å². The van der Waals surface area contributed by atoms with Gasteiger partial charge in [-0.15, -0.1) is 0 Å². The summed E-state index contributed by atoms with van der Waals surface area (Å²) in [6.45, 7) is 11.2. The lowest BCUT2D eigenvalue weighted by Gasteiger charge is -2.47. The molecule has 3 rings (SSSR count). The standard InChI is InChI=1S/C38H50F6N/c1-5-9-16-28(45(25-10-6-2,26-11-7-3)27-12-8-4)23-24-38(35-29(39)17-13-18-30(35)40,36-31(41)19-14-20-32(36)42)37-33(43)21-15-22-34(37)44/h13-15,17-22,28H,5-12,16,23-27H2,1-4H3/q+1. The number of hydrogen-bond donors (Lipinski definition) is 0. The number of quaternary nitrogens is 1. The van der Waals surface area contributed by atoms with Gasteiger partial charge in [0, 0.05) is 23.1 Å². The first kappa shape index (κ1) is 36.7. The molecule has 0 spiro atoms. The van der Waals surface area contributed by atoms with Crippen LogP contribution in [0.1, 0.15) is 115 Å². The lowest BCUT2D eigenvalue weighted by molar-refractivity contribution is -0.952. The molecule has 0 bridgehead atoms. The Balaban J connectivity index is 2.41. The molecular formula is C38H50F6N+. The van der Waals surface area contributed by atoms with Gasteiger partial charge in [0.2, 0.25) is 0 Å². The van der Waals surface area contributed by atoms with Crippen LogP contribution < -0.4 is 0 Å². The molecule has 0 amide bonds. The van der Waals surface area contributed by atoms with Gasteiger partial charge >= 0.3 is 0 Å². The van der Waals surface area contributed by atoms with Crippen molar-refractivity contribution >= 4 is 0 Å². The highest BCUT2D eigenvalue weighted by Gasteiger charge is 2.49. The first-order valence-corrected chi connectivity index (χ1v) is 16.8. The third kappa shape index (κ3) is 8.14. The SMILES string of the molecule is CCCCC(CCC(c1c(F)cccc1F)(c1c(F)cccc1F)c1c(F)cccc1F)[N+](CCCC)(CCCC)CCCC. The molecule has 1 atom stereocenters. The van der Waals surface area contributed by atoms with E-state index in [9.17, 15) is 0 Å². The van der Waals surface area contributed by atoms with Crippen LogP contribution in [-0.2, 0) is 5.41 Å². The van der Waals surface area contributed by atoms with Crippen molar-refractivity contribution in [1.82, 2.24) is 0 Å². The van der Waals surface area contributed by atoms with E-state index in [1.165, 1.54) is 0 Å². The van der Waals surface area contributed by atoms with Crippen molar-refractivity contribution in [3.05, 3.63) is 106 Å². The van der Waals surface area contributed by atoms with Gasteiger partial charge in [-0.2, -0.15) is 0 Å². The summed E-state index contributed by atoms with van der Waals surface area (Å²) in [6.07, 6.45) is 8.46. The van der Waals surface area contributed by atoms with Crippen LogP contribution in [0.25, 0.3) is 0 Å². The minimum absolute atomic E-state index is 0.0477. The molecular weight excluding hydrogens is 584 g/mol. The molecule has 0 saturated carbocycles. The normalized spacial score (nSPS) is 12.9. The van der Waals surface area contributed by atoms with E-state index in [4.69, 9.17) is 0 Å². The summed E-state index contributed by atoms with van der Waals surface area (Å²) < 4.78 is 96.6. The van der Waals surface area contributed by atoms with Crippen molar-refractivity contribution in [2.45, 2.75) is 110 Å². The van der Waals surface area contributed by atoms with E-state index in [0.717, 1.165) is 137 Å². The Morgan fingerprint density at radius 3 is 1.09 bits per heavy atom. The molecule has 0 aliphatic rings. The Bertz CT molecular complexity index is 1150. The maximum Gasteiger partial charge on any atom is 0.130 e. The Hall–Kier alpha value is -2.80. The number of benzene rings is 3. The Morgan fingerprint density at radius 2 is 0.800 bits per heavy atom. The van der Waals surface area contributed by atoms with Crippen molar-refractivity contribution in [2.75, 3.05) is 19.6 Å². The Morgan fingerprint density at radius 1 is 0.489 bits per heavy atom. The molecule has 1 nitrogen and oxygen atoms in total. The van der Waals surface area contributed by atoms with Crippen molar-refractivity contribution in [3.63, 3.8) is 0 Å². The van der Waals surface area contributed by atoms with E-state index >= 15 is 26.3 Å². The molecule has 0 aliphatic heterocycles. The molecule has 0 N–H and O–H groups in total. The number of halogens is 6. The van der Waals surface area contributed by atoms with Crippen molar-refractivity contribution in [3.8, 4) is 0 Å². The van der Waals surface area contributed by atoms with Gasteiger partial charge in [0.05, 0.1) is 31.1 Å². The highest BCUT2D eigenvalue weighted by atomic mass is 19.2. The van der Waals surface area contributed by atoms with Gasteiger partial charge in [-0.3, -0.25) is 0 Å². The summed E-state index contributed by atoms with van der Waals surface area (Å²) in [5, 5.41) is 0. The molecule has 0 aromatic heterocycles. The van der Waals surface area contributed by atoms with Gasteiger partial charge in [-0.1, -0.05) is 71.6 Å². The molecule has 248 valence electrons. The molecule has 1 unspecified atom stereocenters. The summed E-state index contributed by atoms with van der Waals surface area (Å²) in [7, 11) is 0. The predicted octanol–water partition coefficient (Wildman–Crippen LogP) is 11.4. The van der Waals surface area contributed by atoms with Crippen molar-refractivity contribution in [2.24, 2.45) is 0 Å². The minimum atomic E-state index is -2.46. The second-order valence-corrected chi connectivity index (χ2v) is 12.5. The summed E-state index contributed by atoms with van der Waals surface area (Å²) in [5.74, 6) is -6.70. The van der Waals surface area contributed by atoms with Crippen molar-refractivity contribution in [1.29, 1.82) is 0 Å². The number of nitrogens with zero attached hydrogens (tertiary/aromatic N) is 1. The highest BCUT2D eigenvalue weighted by molar-refractivity contribution is 5.53. The third-order valence-electron chi connectivity index (χ3n) is 9.56. The number of rotatable bonds is 19. The van der Waals surface area contributed by atoms with E-state index in [-0.39, 0.29) is 18.9 Å². The maximum absolute atomic E-state index is 16.0. The largest absolute Gasteiger partial charge is 0.321 e. The topological polar surface area (TPSA) is 0 Å². The van der Waals surface area contributed by atoms with E-state index < -0.39 is 57.0 Å². The second kappa shape index (κ2) is 17.2. The smallest absolute Gasteiger partial charge is 0.130 e. The van der Waals surface area contributed by atoms with E-state index in [1.807, 2.05) is 0 Å². The molecule has 0 radical (unpaired) electrons. The minimum Gasteiger partial charge on any atom is -0.321 e. The monoisotopic (exact) mass is 634 g/mol. The predicted molar refractivity (Wildman–Crippen MR) is 171 cm³/mol. The maximum atomic E-state index is 16.0. The first-order valence-electron chi connectivity index (χ1n) is 16.8. The fraction of sp³-hybridized carbons (Fsp3) is 0.526. The van der Waals surface area contributed by atoms with E-state index in [0.29, 0.717) is 0 Å². The number of unbranched alkanes of at least 4 members (excludes halogenated alkanes) is 4. The lowest BCUT2D eigenvalue weighted by atomic mass is 9.64. The van der Waals surface area contributed by atoms with Gasteiger partial charge in [-0.05, 0) is 74.9 Å². The molecule has 0 saturated heterocycles. The first-order chi connectivity index (χ1) is 21.6. The van der Waals surface area contributed by atoms with Gasteiger partial charge in [-0.25, -0.2) is 26.3 Å². The van der Waals surface area contributed by atoms with Crippen LogP contribution in [0.5, 0.6) is 0 Å². The molecule has 0 heterocycles. The summed E-state index contributed by atoms with van der Waals surface area (Å²) in [5.41, 5.74) is -4.70. The fourth-order valence-electron chi connectivity index (χ4n) is 7.28. The molecule has 45 heavy (non-hydrogen) atoms. The zero-order valence-corrected chi connectivity index (χ0v) is 27.4. The Labute approximate surface area is 266 Å².